The van der Waals surface area contributed by atoms with Crippen molar-refractivity contribution in [2.24, 2.45) is 0 Å². The predicted octanol–water partition coefficient (Wildman–Crippen LogP) is 3.21. The lowest BCUT2D eigenvalue weighted by molar-refractivity contribution is -0.274. The minimum atomic E-state index is -4.86. The van der Waals surface area contributed by atoms with Gasteiger partial charge in [-0.25, -0.2) is 0 Å². The van der Waals surface area contributed by atoms with Gasteiger partial charge in [0.2, 0.25) is 0 Å². The van der Waals surface area contributed by atoms with Crippen molar-refractivity contribution >= 4 is 0 Å². The summed E-state index contributed by atoms with van der Waals surface area (Å²) in [6.07, 6.45) is -9.99. The molecule has 120 valence electrons. The van der Waals surface area contributed by atoms with E-state index in [1.807, 2.05) is 5.10 Å². The van der Waals surface area contributed by atoms with Gasteiger partial charge >= 0.3 is 12.5 Å². The lowest BCUT2D eigenvalue weighted by atomic mass is 10.1. The van der Waals surface area contributed by atoms with Gasteiger partial charge in [0.1, 0.15) is 11.4 Å². The first-order valence-electron chi connectivity index (χ1n) is 5.77. The Morgan fingerprint density at radius 3 is 2.05 bits per heavy atom. The van der Waals surface area contributed by atoms with Crippen LogP contribution in [0.25, 0.3) is 0 Å². The van der Waals surface area contributed by atoms with Crippen LogP contribution in [0, 0.1) is 0 Å². The zero-order valence-electron chi connectivity index (χ0n) is 10.6. The number of H-pyrrole nitrogens is 2. The van der Waals surface area contributed by atoms with Gasteiger partial charge in [-0.2, -0.15) is 13.2 Å². The van der Waals surface area contributed by atoms with Crippen LogP contribution in [0.5, 0.6) is 5.75 Å². The van der Waals surface area contributed by atoms with Crippen LogP contribution in [0.1, 0.15) is 16.8 Å². The molecule has 0 fully saturated rings. The lowest BCUT2D eigenvalue weighted by Crippen LogP contribution is -2.17. The second-order valence-electron chi connectivity index (χ2n) is 4.30. The highest BCUT2D eigenvalue weighted by atomic mass is 19.4. The fourth-order valence-corrected chi connectivity index (χ4v) is 1.81. The molecule has 0 aliphatic carbocycles. The molecule has 0 bridgehead atoms. The normalized spacial score (nSPS) is 12.5. The summed E-state index contributed by atoms with van der Waals surface area (Å²) in [5.74, 6) is -0.504. The molecule has 2 aromatic rings. The molecule has 0 amide bonds. The second-order valence-corrected chi connectivity index (χ2v) is 4.30. The van der Waals surface area contributed by atoms with Crippen molar-refractivity contribution in [1.29, 1.82) is 0 Å². The van der Waals surface area contributed by atoms with Crippen LogP contribution in [-0.4, -0.2) is 16.6 Å². The van der Waals surface area contributed by atoms with Crippen molar-refractivity contribution in [1.82, 2.24) is 10.2 Å². The van der Waals surface area contributed by atoms with Crippen molar-refractivity contribution in [3.63, 3.8) is 0 Å². The van der Waals surface area contributed by atoms with Crippen LogP contribution in [-0.2, 0) is 12.6 Å². The van der Waals surface area contributed by atoms with E-state index in [4.69, 9.17) is 0 Å². The molecular weight excluding hydrogens is 318 g/mol. The minimum Gasteiger partial charge on any atom is -0.406 e. The number of nitrogens with one attached hydrogen (secondary N) is 2. The Morgan fingerprint density at radius 2 is 1.55 bits per heavy atom. The first kappa shape index (κ1) is 16.0. The van der Waals surface area contributed by atoms with Crippen molar-refractivity contribution < 1.29 is 31.1 Å². The van der Waals surface area contributed by atoms with Crippen LogP contribution in [0.15, 0.2) is 29.1 Å². The van der Waals surface area contributed by atoms with E-state index in [1.165, 1.54) is 0 Å². The third-order valence-corrected chi connectivity index (χ3v) is 2.70. The highest BCUT2D eigenvalue weighted by Gasteiger charge is 2.36. The van der Waals surface area contributed by atoms with Gasteiger partial charge < -0.3 is 4.74 Å². The highest BCUT2D eigenvalue weighted by Crippen LogP contribution is 2.30. The molecule has 0 aliphatic heterocycles. The number of hydrogen-bond donors (Lipinski definition) is 2. The van der Waals surface area contributed by atoms with E-state index in [9.17, 15) is 31.1 Å². The summed E-state index contributed by atoms with van der Waals surface area (Å²) < 4.78 is 77.6. The molecule has 4 nitrogen and oxygen atoms in total. The second kappa shape index (κ2) is 5.43. The van der Waals surface area contributed by atoms with Crippen LogP contribution in [0.3, 0.4) is 0 Å². The SMILES string of the molecule is O=c1[nH][nH]c(C(F)(F)F)c1Cc1ccc(OC(F)(F)F)cc1. The van der Waals surface area contributed by atoms with Crippen LogP contribution >= 0.6 is 0 Å². The third kappa shape index (κ3) is 3.83. The largest absolute Gasteiger partial charge is 0.573 e. The Labute approximate surface area is 118 Å². The maximum atomic E-state index is 12.7. The topological polar surface area (TPSA) is 57.9 Å². The van der Waals surface area contributed by atoms with Gasteiger partial charge in [-0.15, -0.1) is 13.2 Å². The van der Waals surface area contributed by atoms with Gasteiger partial charge in [-0.1, -0.05) is 12.1 Å². The number of benzene rings is 1. The molecule has 1 aromatic heterocycles. The van der Waals surface area contributed by atoms with Crippen LogP contribution in [0.2, 0.25) is 0 Å². The number of alkyl halides is 6. The zero-order valence-corrected chi connectivity index (χ0v) is 10.6. The summed E-state index contributed by atoms with van der Waals surface area (Å²) in [6, 6.07) is 4.20. The molecule has 0 saturated heterocycles. The maximum Gasteiger partial charge on any atom is 0.573 e. The van der Waals surface area contributed by atoms with Gasteiger partial charge in [0.05, 0.1) is 5.56 Å². The summed E-state index contributed by atoms with van der Waals surface area (Å²) >= 11 is 0. The molecule has 10 heteroatoms. The minimum absolute atomic E-state index is 0.227. The first-order valence-corrected chi connectivity index (χ1v) is 5.77. The summed E-state index contributed by atoms with van der Waals surface area (Å²) in [4.78, 5) is 11.4. The average molecular weight is 326 g/mol. The van der Waals surface area contributed by atoms with Crippen LogP contribution in [0.4, 0.5) is 26.3 Å². The summed E-state index contributed by atoms with van der Waals surface area (Å²) in [5.41, 5.74) is -2.47. The van der Waals surface area contributed by atoms with Crippen molar-refractivity contribution in [3.8, 4) is 5.75 Å². The fraction of sp³-hybridized carbons (Fsp3) is 0.250. The van der Waals surface area contributed by atoms with Gasteiger partial charge in [0.25, 0.3) is 5.56 Å². The fourth-order valence-electron chi connectivity index (χ4n) is 1.81. The monoisotopic (exact) mass is 326 g/mol. The van der Waals surface area contributed by atoms with Crippen molar-refractivity contribution in [3.05, 3.63) is 51.4 Å². The number of halogens is 6. The molecule has 0 radical (unpaired) electrons. The van der Waals surface area contributed by atoms with Crippen LogP contribution < -0.4 is 10.3 Å². The standard InChI is InChI=1S/C12H8F6N2O2/c13-11(14,15)9-8(10(21)20-19-9)5-6-1-3-7(4-2-6)22-12(16,17)18/h1-4H,5H2,(H2,19,20,21). The molecule has 2 rings (SSSR count). The van der Waals surface area contributed by atoms with E-state index < -0.39 is 35.1 Å². The summed E-state index contributed by atoms with van der Waals surface area (Å²) in [5, 5.41) is 3.57. The molecule has 0 saturated carbocycles. The molecule has 0 aliphatic rings. The molecular formula is C12H8F6N2O2. The highest BCUT2D eigenvalue weighted by molar-refractivity contribution is 5.32. The predicted molar refractivity (Wildman–Crippen MR) is 62.3 cm³/mol. The Bertz CT molecular complexity index is 696. The first-order chi connectivity index (χ1) is 10.1. The average Bonchev–Trinajstić information content (AvgIpc) is 2.71. The summed E-state index contributed by atoms with van der Waals surface area (Å²) in [7, 11) is 0. The zero-order chi connectivity index (χ0) is 16.5. The van der Waals surface area contributed by atoms with E-state index in [0.717, 1.165) is 24.3 Å². The molecule has 22 heavy (non-hydrogen) atoms. The Kier molecular flexibility index (Phi) is 3.94. The Morgan fingerprint density at radius 1 is 0.955 bits per heavy atom. The Balaban J connectivity index is 2.22. The quantitative estimate of drug-likeness (QED) is 0.851. The maximum absolute atomic E-state index is 12.7. The molecule has 1 aromatic carbocycles. The number of ether oxygens (including phenoxy) is 1. The van der Waals surface area contributed by atoms with E-state index >= 15 is 0 Å². The Hall–Kier alpha value is -2.39. The smallest absolute Gasteiger partial charge is 0.406 e. The lowest BCUT2D eigenvalue weighted by Gasteiger charge is -2.09. The molecule has 2 N–H and O–H groups in total. The van der Waals surface area contributed by atoms with Crippen molar-refractivity contribution in [2.75, 3.05) is 0 Å². The molecule has 1 heterocycles. The van der Waals surface area contributed by atoms with Crippen molar-refractivity contribution in [2.45, 2.75) is 19.0 Å². The summed E-state index contributed by atoms with van der Waals surface area (Å²) in [6.45, 7) is 0. The van der Waals surface area contributed by atoms with E-state index in [1.54, 1.807) is 5.10 Å². The number of aromatic nitrogens is 2. The van der Waals surface area contributed by atoms with Gasteiger partial charge in [-0.05, 0) is 17.7 Å². The van der Waals surface area contributed by atoms with E-state index in [2.05, 4.69) is 4.74 Å². The van der Waals surface area contributed by atoms with Gasteiger partial charge in [0.15, 0.2) is 0 Å². The number of rotatable bonds is 3. The van der Waals surface area contributed by atoms with E-state index in [-0.39, 0.29) is 12.0 Å². The van der Waals surface area contributed by atoms with Gasteiger partial charge in [-0.3, -0.25) is 15.0 Å². The molecule has 0 atom stereocenters. The number of aromatic amines is 2. The third-order valence-electron chi connectivity index (χ3n) is 2.70. The van der Waals surface area contributed by atoms with E-state index in [0.29, 0.717) is 0 Å². The number of hydrogen-bond acceptors (Lipinski definition) is 2. The van der Waals surface area contributed by atoms with Gasteiger partial charge in [0, 0.05) is 6.42 Å². The molecule has 0 unspecified atom stereocenters. The molecule has 0 spiro atoms.